The van der Waals surface area contributed by atoms with Gasteiger partial charge in [0.05, 0.1) is 5.39 Å². The molecule has 0 amide bonds. The van der Waals surface area contributed by atoms with E-state index in [0.29, 0.717) is 16.6 Å². The van der Waals surface area contributed by atoms with Crippen molar-refractivity contribution < 1.29 is 22.3 Å². The van der Waals surface area contributed by atoms with Crippen LogP contribution in [0.25, 0.3) is 21.9 Å². The molecule has 3 heterocycles. The highest BCUT2D eigenvalue weighted by molar-refractivity contribution is 7.92. The van der Waals surface area contributed by atoms with Crippen molar-refractivity contribution in [2.75, 3.05) is 0 Å². The van der Waals surface area contributed by atoms with Crippen molar-refractivity contribution >= 4 is 54.9 Å². The highest BCUT2D eigenvalue weighted by Gasteiger charge is 2.45. The Bertz CT molecular complexity index is 2320. The molecule has 42 heavy (non-hydrogen) atoms. The number of hydrogen-bond donors (Lipinski definition) is 0. The van der Waals surface area contributed by atoms with Crippen LogP contribution in [-0.4, -0.2) is 15.1 Å². The molecule has 0 fully saturated rings. The summed E-state index contributed by atoms with van der Waals surface area (Å²) in [5, 5.41) is 0.416. The van der Waals surface area contributed by atoms with Gasteiger partial charge in [0, 0.05) is 5.46 Å². The van der Waals surface area contributed by atoms with Crippen LogP contribution >= 0.6 is 0 Å². The van der Waals surface area contributed by atoms with Crippen molar-refractivity contribution in [2.45, 2.75) is 30.6 Å². The highest BCUT2D eigenvalue weighted by atomic mass is 32.2. The van der Waals surface area contributed by atoms with E-state index in [2.05, 4.69) is 26.0 Å². The molecule has 8 heteroatoms. The summed E-state index contributed by atoms with van der Waals surface area (Å²) in [5.41, 5.74) is 5.40. The molecule has 1 aromatic heterocycles. The summed E-state index contributed by atoms with van der Waals surface area (Å²) in [7, 11) is -4.17. The fourth-order valence-corrected chi connectivity index (χ4v) is 8.32. The largest absolute Gasteiger partial charge is 0.457 e. The quantitative estimate of drug-likeness (QED) is 0.193. The first-order valence-corrected chi connectivity index (χ1v) is 15.2. The molecule has 0 saturated heterocycles. The summed E-state index contributed by atoms with van der Waals surface area (Å²) in [6.07, 6.45) is 0. The van der Waals surface area contributed by atoms with Crippen LogP contribution in [0.15, 0.2) is 104 Å². The number of fused-ring (bicyclic) bond motifs is 9. The molecule has 204 valence electrons. The summed E-state index contributed by atoms with van der Waals surface area (Å²) in [6.45, 7) is 5.67. The normalized spacial score (nSPS) is 14.4. The average molecular weight is 570 g/mol. The number of ether oxygens (including phenoxy) is 2. The van der Waals surface area contributed by atoms with E-state index in [4.69, 9.17) is 13.9 Å². The van der Waals surface area contributed by atoms with E-state index in [1.807, 2.05) is 31.2 Å². The second-order valence-electron chi connectivity index (χ2n) is 11.0. The minimum atomic E-state index is -4.17. The summed E-state index contributed by atoms with van der Waals surface area (Å²) in [5.74, 6) is 1.17. The summed E-state index contributed by atoms with van der Waals surface area (Å²) >= 11 is 0. The van der Waals surface area contributed by atoms with Gasteiger partial charge in [-0.05, 0) is 56.6 Å². The second kappa shape index (κ2) is 8.60. The van der Waals surface area contributed by atoms with E-state index >= 15 is 0 Å². The Balaban J connectivity index is 1.63. The zero-order valence-electron chi connectivity index (χ0n) is 23.0. The molecule has 0 atom stereocenters. The molecular formula is C34H23BO6S. The fourth-order valence-electron chi connectivity index (χ4n) is 6.69. The third kappa shape index (κ3) is 3.27. The van der Waals surface area contributed by atoms with Gasteiger partial charge in [-0.25, -0.2) is 8.42 Å². The zero-order chi connectivity index (χ0) is 28.9. The minimum absolute atomic E-state index is 0.0194. The summed E-state index contributed by atoms with van der Waals surface area (Å²) < 4.78 is 48.2. The van der Waals surface area contributed by atoms with Gasteiger partial charge in [-0.15, -0.1) is 0 Å². The van der Waals surface area contributed by atoms with Crippen LogP contribution in [0.1, 0.15) is 16.7 Å². The van der Waals surface area contributed by atoms with Crippen molar-refractivity contribution in [1.82, 2.24) is 0 Å². The maximum Gasteiger partial charge on any atom is 0.256 e. The number of sulfone groups is 1. The molecule has 0 N–H and O–H groups in total. The molecule has 0 saturated carbocycles. The lowest BCUT2D eigenvalue weighted by Gasteiger charge is -2.33. The molecule has 2 aliphatic rings. The Labute approximate surface area is 242 Å². The first kappa shape index (κ1) is 24.9. The van der Waals surface area contributed by atoms with Gasteiger partial charge in [-0.3, -0.25) is 4.79 Å². The molecule has 2 aliphatic heterocycles. The molecule has 5 aromatic carbocycles. The third-order valence-electron chi connectivity index (χ3n) is 8.30. The van der Waals surface area contributed by atoms with Gasteiger partial charge in [0.15, 0.2) is 10.5 Å². The highest BCUT2D eigenvalue weighted by Crippen LogP contribution is 2.48. The van der Waals surface area contributed by atoms with Gasteiger partial charge in [0.25, 0.3) is 6.71 Å². The van der Waals surface area contributed by atoms with Crippen LogP contribution in [0.2, 0.25) is 0 Å². The predicted octanol–water partition coefficient (Wildman–Crippen LogP) is 5.43. The van der Waals surface area contributed by atoms with Gasteiger partial charge in [0.2, 0.25) is 15.3 Å². The maximum atomic E-state index is 14.4. The van der Waals surface area contributed by atoms with Crippen molar-refractivity contribution in [2.24, 2.45) is 0 Å². The molecule has 0 aliphatic carbocycles. The molecular weight excluding hydrogens is 547 g/mol. The number of benzene rings is 5. The standard InChI is InChI=1S/C34H23BO6S/c1-18-16-19(2)28(20(3)17-18)35-22-11-5-7-13-24(22)40-31-27-30(36)21-10-4-6-12-23(21)39-32(27)34-33(29(31)35)41-25-14-8-9-15-26(25)42(34,37)38/h4-17H,1-3H3. The van der Waals surface area contributed by atoms with Crippen molar-refractivity contribution in [3.63, 3.8) is 0 Å². The monoisotopic (exact) mass is 570 g/mol. The molecule has 6 nitrogen and oxygen atoms in total. The number of hydrogen-bond acceptors (Lipinski definition) is 6. The van der Waals surface area contributed by atoms with Crippen molar-refractivity contribution in [3.8, 4) is 23.0 Å². The number of rotatable bonds is 1. The Morgan fingerprint density at radius 3 is 2.14 bits per heavy atom. The van der Waals surface area contributed by atoms with Crippen LogP contribution in [0.3, 0.4) is 0 Å². The van der Waals surface area contributed by atoms with Crippen LogP contribution in [0.5, 0.6) is 23.0 Å². The van der Waals surface area contributed by atoms with Gasteiger partial charge in [0.1, 0.15) is 38.9 Å². The third-order valence-corrected chi connectivity index (χ3v) is 10.1. The first-order chi connectivity index (χ1) is 20.3. The van der Waals surface area contributed by atoms with Crippen LogP contribution in [-0.2, 0) is 9.84 Å². The Morgan fingerprint density at radius 2 is 1.36 bits per heavy atom. The van der Waals surface area contributed by atoms with E-state index in [-0.39, 0.29) is 49.0 Å². The lowest BCUT2D eigenvalue weighted by atomic mass is 9.34. The maximum absolute atomic E-state index is 14.4. The first-order valence-electron chi connectivity index (χ1n) is 13.7. The topological polar surface area (TPSA) is 82.8 Å². The lowest BCUT2D eigenvalue weighted by Crippen LogP contribution is -2.57. The number of para-hydroxylation sites is 3. The molecule has 8 rings (SSSR count). The molecule has 0 radical (unpaired) electrons. The molecule has 0 spiro atoms. The Morgan fingerprint density at radius 1 is 0.714 bits per heavy atom. The SMILES string of the molecule is Cc1cc(C)c(B2c3ccccc3Oc3c2c2c(c4oc5ccccc5c(=O)c34)S(=O)(=O)c3ccccc3O2)c(C)c1. The van der Waals surface area contributed by atoms with Crippen LogP contribution < -0.4 is 31.3 Å². The van der Waals surface area contributed by atoms with Gasteiger partial charge >= 0.3 is 0 Å². The molecule has 0 bridgehead atoms. The predicted molar refractivity (Wildman–Crippen MR) is 164 cm³/mol. The summed E-state index contributed by atoms with van der Waals surface area (Å²) in [6, 6.07) is 25.2. The lowest BCUT2D eigenvalue weighted by molar-refractivity contribution is 0.437. The van der Waals surface area contributed by atoms with Crippen molar-refractivity contribution in [1.29, 1.82) is 0 Å². The second-order valence-corrected chi connectivity index (χ2v) is 12.8. The Kier molecular flexibility index (Phi) is 5.10. The van der Waals surface area contributed by atoms with E-state index in [1.54, 1.807) is 42.5 Å². The zero-order valence-corrected chi connectivity index (χ0v) is 23.8. The fraction of sp³-hybridized carbons (Fsp3) is 0.0882. The smallest absolute Gasteiger partial charge is 0.256 e. The molecule has 0 unspecified atom stereocenters. The van der Waals surface area contributed by atoms with Gasteiger partial charge < -0.3 is 13.9 Å². The molecule has 6 aromatic rings. The van der Waals surface area contributed by atoms with E-state index in [0.717, 1.165) is 27.6 Å². The number of aryl methyl sites for hydroxylation is 3. The Hall–Kier alpha value is -4.82. The minimum Gasteiger partial charge on any atom is -0.457 e. The van der Waals surface area contributed by atoms with Gasteiger partial charge in [-0.1, -0.05) is 76.8 Å². The summed E-state index contributed by atoms with van der Waals surface area (Å²) in [4.78, 5) is 14.1. The van der Waals surface area contributed by atoms with Gasteiger partial charge in [-0.2, -0.15) is 0 Å². The van der Waals surface area contributed by atoms with E-state index < -0.39 is 16.6 Å². The van der Waals surface area contributed by atoms with E-state index in [9.17, 15) is 13.2 Å². The van der Waals surface area contributed by atoms with Crippen molar-refractivity contribution in [3.05, 3.63) is 112 Å². The van der Waals surface area contributed by atoms with Crippen LogP contribution in [0, 0.1) is 20.8 Å². The average Bonchev–Trinajstić information content (AvgIpc) is 2.96. The van der Waals surface area contributed by atoms with Crippen LogP contribution in [0.4, 0.5) is 0 Å². The van der Waals surface area contributed by atoms with E-state index in [1.165, 1.54) is 6.07 Å².